The summed E-state index contributed by atoms with van der Waals surface area (Å²) in [4.78, 5) is 76.9. The van der Waals surface area contributed by atoms with Crippen molar-refractivity contribution < 1.29 is 51.9 Å². The number of phosphoric ester groups is 1. The quantitative estimate of drug-likeness (QED) is 0.0672. The maximum Gasteiger partial charge on any atom is 0.472 e. The van der Waals surface area contributed by atoms with Crippen LogP contribution in [0.15, 0.2) is 22.2 Å². The van der Waals surface area contributed by atoms with Crippen molar-refractivity contribution in [1.29, 1.82) is 0 Å². The lowest BCUT2D eigenvalue weighted by atomic mass is 10.1. The number of ketones is 1. The van der Waals surface area contributed by atoms with Crippen LogP contribution >= 0.6 is 26.9 Å². The smallest absolute Gasteiger partial charge is 0.390 e. The van der Waals surface area contributed by atoms with Gasteiger partial charge in [0, 0.05) is 6.42 Å². The lowest BCUT2D eigenvalue weighted by molar-refractivity contribution is -0.144. The van der Waals surface area contributed by atoms with Gasteiger partial charge in [-0.2, -0.15) is 4.98 Å². The Morgan fingerprint density at radius 3 is 2.54 bits per heavy atom. The largest absolute Gasteiger partial charge is 0.472 e. The SMILES string of the molecule is Nc1nc2c(ncn2[C@@H]2O[C@H](OP(=O)(O)O)C(=O)C2COP(=O)(S)OC[C@H]2O[C@@H](n3c(=O)[nH]c4c(N)ncnc43)C[C@@H]2O)c(=O)[nH]1. The Labute approximate surface area is 259 Å². The number of Topliss-reactive ketones (excluding diaryl/α,β-unsaturated/α-hetero) is 1. The highest BCUT2D eigenvalue weighted by Crippen LogP contribution is 2.55. The third kappa shape index (κ3) is 6.24. The van der Waals surface area contributed by atoms with E-state index in [0.717, 1.165) is 21.8 Å². The Morgan fingerprint density at radius 1 is 1.07 bits per heavy atom. The van der Waals surface area contributed by atoms with Crippen LogP contribution in [0.5, 0.6) is 0 Å². The van der Waals surface area contributed by atoms with Crippen LogP contribution in [0.4, 0.5) is 11.8 Å². The minimum Gasteiger partial charge on any atom is -0.390 e. The predicted molar refractivity (Wildman–Crippen MR) is 154 cm³/mol. The lowest BCUT2D eigenvalue weighted by Crippen LogP contribution is -2.28. The van der Waals surface area contributed by atoms with E-state index in [9.17, 15) is 38.4 Å². The summed E-state index contributed by atoms with van der Waals surface area (Å²) >= 11 is 3.91. The molecular formula is C20H24N10O13P2S. The molecule has 0 saturated carbocycles. The molecule has 7 atom stereocenters. The van der Waals surface area contributed by atoms with Crippen LogP contribution in [0.25, 0.3) is 22.3 Å². The molecule has 0 aliphatic carbocycles. The van der Waals surface area contributed by atoms with Crippen LogP contribution in [0.2, 0.25) is 0 Å². The highest BCUT2D eigenvalue weighted by Gasteiger charge is 2.49. The number of carbonyl (C=O) groups is 1. The van der Waals surface area contributed by atoms with Crippen LogP contribution in [0, 0.1) is 5.92 Å². The zero-order valence-corrected chi connectivity index (χ0v) is 25.5. The van der Waals surface area contributed by atoms with Crippen molar-refractivity contribution in [3.63, 3.8) is 0 Å². The Morgan fingerprint density at radius 2 is 1.80 bits per heavy atom. The standard InChI is InChI=1S/C20H24N10O13P2S/c21-13-10-14(24-4-23-13)30(20(34)26-10)9-1-7(31)8(41-9)3-40-45(38,46)39-2-6-12(32)18(43-44(35,36)37)42-17(6)29-5-25-11-15(29)27-19(22)28-16(11)33/h4-9,17-18,31H,1-3H2,(H,26,34)(H,38,46)(H2,21,23,24)(H2,35,36,37)(H3,22,27,28,33)/t6?,7-,8+,9+,17+,18+,45?/m0/s1. The van der Waals surface area contributed by atoms with E-state index in [2.05, 4.69) is 46.7 Å². The number of nitrogen functional groups attached to an aromatic ring is 2. The molecular weight excluding hydrogens is 682 g/mol. The van der Waals surface area contributed by atoms with E-state index in [1.165, 1.54) is 0 Å². The minimum atomic E-state index is -5.24. The Balaban J connectivity index is 1.16. The number of anilines is 2. The van der Waals surface area contributed by atoms with Gasteiger partial charge in [-0.25, -0.2) is 38.0 Å². The molecule has 2 fully saturated rings. The zero-order chi connectivity index (χ0) is 33.1. The van der Waals surface area contributed by atoms with E-state index < -0.39 is 81.7 Å². The van der Waals surface area contributed by atoms with E-state index in [0.29, 0.717) is 0 Å². The number of nitrogens with one attached hydrogen (secondary N) is 2. The van der Waals surface area contributed by atoms with Crippen molar-refractivity contribution in [2.75, 3.05) is 24.7 Å². The maximum absolute atomic E-state index is 13.1. The molecule has 26 heteroatoms. The number of rotatable bonds is 10. The molecule has 0 amide bonds. The lowest BCUT2D eigenvalue weighted by Gasteiger charge is -2.21. The number of hydrogen-bond acceptors (Lipinski definition) is 17. The van der Waals surface area contributed by atoms with Gasteiger partial charge < -0.3 is 40.8 Å². The first-order valence-electron chi connectivity index (χ1n) is 12.9. The third-order valence-corrected chi connectivity index (χ3v) is 9.12. The molecule has 2 saturated heterocycles. The van der Waals surface area contributed by atoms with Gasteiger partial charge >= 0.3 is 20.3 Å². The van der Waals surface area contributed by atoms with Crippen molar-refractivity contribution >= 4 is 66.7 Å². The highest BCUT2D eigenvalue weighted by molar-refractivity contribution is 8.44. The van der Waals surface area contributed by atoms with E-state index in [1.54, 1.807) is 0 Å². The number of nitrogens with zero attached hydrogens (tertiary/aromatic N) is 6. The molecule has 248 valence electrons. The molecule has 0 radical (unpaired) electrons. The number of aromatic amines is 2. The highest BCUT2D eigenvalue weighted by atomic mass is 32.7. The first-order chi connectivity index (χ1) is 21.6. The monoisotopic (exact) mass is 706 g/mol. The third-order valence-electron chi connectivity index (χ3n) is 7.01. The molecule has 23 nitrogen and oxygen atoms in total. The van der Waals surface area contributed by atoms with Gasteiger partial charge in [0.05, 0.1) is 31.6 Å². The average Bonchev–Trinajstić information content (AvgIpc) is 3.70. The number of nitrogens with two attached hydrogens (primary N) is 2. The summed E-state index contributed by atoms with van der Waals surface area (Å²) < 4.78 is 53.0. The number of ether oxygens (including phenoxy) is 2. The van der Waals surface area contributed by atoms with Crippen LogP contribution in [0.3, 0.4) is 0 Å². The van der Waals surface area contributed by atoms with Crippen LogP contribution in [-0.4, -0.2) is 91.4 Å². The summed E-state index contributed by atoms with van der Waals surface area (Å²) in [5.41, 5.74) is 10.00. The fourth-order valence-electron chi connectivity index (χ4n) is 4.98. The number of hydrogen-bond donors (Lipinski definition) is 8. The maximum atomic E-state index is 13.1. The first kappa shape index (κ1) is 32.4. The number of thiol groups is 1. The van der Waals surface area contributed by atoms with Gasteiger partial charge in [-0.05, 0) is 0 Å². The predicted octanol–water partition coefficient (Wildman–Crippen LogP) is -1.71. The second-order valence-corrected chi connectivity index (χ2v) is 14.1. The van der Waals surface area contributed by atoms with Crippen LogP contribution in [-0.2, 0) is 37.0 Å². The number of H-pyrrole nitrogens is 2. The van der Waals surface area contributed by atoms with Crippen LogP contribution < -0.4 is 22.7 Å². The molecule has 6 heterocycles. The second-order valence-electron chi connectivity index (χ2n) is 9.99. The number of carbonyl (C=O) groups excluding carboxylic acids is 1. The molecule has 2 aliphatic heterocycles. The molecule has 46 heavy (non-hydrogen) atoms. The van der Waals surface area contributed by atoms with Gasteiger partial charge in [-0.1, -0.05) is 12.2 Å². The number of fused-ring (bicyclic) bond motifs is 2. The molecule has 2 aliphatic rings. The molecule has 0 spiro atoms. The normalized spacial score (nSPS) is 26.7. The minimum absolute atomic E-state index is 0.0238. The summed E-state index contributed by atoms with van der Waals surface area (Å²) in [6.45, 7) is -5.66. The van der Waals surface area contributed by atoms with Crippen molar-refractivity contribution in [3.8, 4) is 0 Å². The number of aromatic nitrogens is 8. The van der Waals surface area contributed by atoms with Crippen molar-refractivity contribution in [1.82, 2.24) is 39.0 Å². The van der Waals surface area contributed by atoms with Crippen molar-refractivity contribution in [2.24, 2.45) is 5.92 Å². The van der Waals surface area contributed by atoms with Gasteiger partial charge in [-0.15, -0.1) is 0 Å². The molecule has 0 aromatic carbocycles. The molecule has 4 aromatic rings. The Bertz CT molecular complexity index is 2040. The summed E-state index contributed by atoms with van der Waals surface area (Å²) in [6, 6.07) is 0. The van der Waals surface area contributed by atoms with E-state index >= 15 is 0 Å². The molecule has 6 rings (SSSR count). The molecule has 0 bridgehead atoms. The topological polar surface area (TPSA) is 337 Å². The first-order valence-corrected chi connectivity index (χ1v) is 17.2. The van der Waals surface area contributed by atoms with Gasteiger partial charge in [0.25, 0.3) is 5.56 Å². The zero-order valence-electron chi connectivity index (χ0n) is 22.8. The molecule has 2 unspecified atom stereocenters. The summed E-state index contributed by atoms with van der Waals surface area (Å²) in [5.74, 6) is -2.80. The second kappa shape index (κ2) is 11.9. The number of aliphatic hydroxyl groups excluding tert-OH is 1. The van der Waals surface area contributed by atoms with Gasteiger partial charge in [-0.3, -0.25) is 28.2 Å². The summed E-state index contributed by atoms with van der Waals surface area (Å²) in [7, 11) is -5.24. The summed E-state index contributed by atoms with van der Waals surface area (Å²) in [6.07, 6.45) is -4.82. The van der Waals surface area contributed by atoms with Gasteiger partial charge in [0.2, 0.25) is 12.2 Å². The van der Waals surface area contributed by atoms with E-state index in [-0.39, 0.29) is 40.5 Å². The number of aliphatic hydroxyl groups is 1. The van der Waals surface area contributed by atoms with Gasteiger partial charge in [0.1, 0.15) is 24.2 Å². The van der Waals surface area contributed by atoms with E-state index in [4.69, 9.17) is 30.0 Å². The molecule has 4 aromatic heterocycles. The van der Waals surface area contributed by atoms with Crippen LogP contribution in [0.1, 0.15) is 18.9 Å². The number of imidazole rings is 2. The molecule has 9 N–H and O–H groups in total. The number of phosphoric acid groups is 1. The Hall–Kier alpha value is -3.54. The van der Waals surface area contributed by atoms with Gasteiger partial charge in [0.15, 0.2) is 34.6 Å². The average molecular weight is 706 g/mol. The fourth-order valence-corrected chi connectivity index (χ4v) is 6.55. The fraction of sp³-hybridized carbons (Fsp3) is 0.450. The van der Waals surface area contributed by atoms with Crippen molar-refractivity contribution in [2.45, 2.75) is 37.4 Å². The Kier molecular flexibility index (Phi) is 8.40. The van der Waals surface area contributed by atoms with Crippen molar-refractivity contribution in [3.05, 3.63) is 33.5 Å². The summed E-state index contributed by atoms with van der Waals surface area (Å²) in [5, 5.41) is 10.6. The van der Waals surface area contributed by atoms with E-state index in [1.807, 2.05) is 0 Å².